The third kappa shape index (κ3) is 2.68. The Morgan fingerprint density at radius 2 is 2.00 bits per heavy atom. The van der Waals surface area contributed by atoms with Crippen LogP contribution in [0.15, 0.2) is 0 Å². The topological polar surface area (TPSA) is 3.24 Å². The molecule has 1 aliphatic rings. The zero-order chi connectivity index (χ0) is 8.27. The molecule has 0 aromatic rings. The fraction of sp³-hybridized carbons (Fsp3) is 1.00. The van der Waals surface area contributed by atoms with Gasteiger partial charge in [-0.15, -0.1) is 0 Å². The molecule has 1 fully saturated rings. The summed E-state index contributed by atoms with van der Waals surface area (Å²) in [5.41, 5.74) is 0. The summed E-state index contributed by atoms with van der Waals surface area (Å²) >= 11 is 2.12. The summed E-state index contributed by atoms with van der Waals surface area (Å²) in [5, 5.41) is 0.806. The standard InChI is InChI=1S/C9H19NS/c1-8-9(2)11-7-5-4-6-10(8)3/h8-9H,4-7H2,1-3H3. The van der Waals surface area contributed by atoms with Gasteiger partial charge in [0.25, 0.3) is 0 Å². The van der Waals surface area contributed by atoms with Crippen LogP contribution >= 0.6 is 11.8 Å². The highest BCUT2D eigenvalue weighted by Crippen LogP contribution is 2.21. The Labute approximate surface area is 74.5 Å². The summed E-state index contributed by atoms with van der Waals surface area (Å²) in [6, 6.07) is 0.750. The van der Waals surface area contributed by atoms with Crippen LogP contribution in [0.3, 0.4) is 0 Å². The molecule has 0 amide bonds. The maximum atomic E-state index is 2.48. The van der Waals surface area contributed by atoms with E-state index in [2.05, 4.69) is 37.6 Å². The van der Waals surface area contributed by atoms with E-state index in [1.165, 1.54) is 25.1 Å². The molecule has 2 unspecified atom stereocenters. The van der Waals surface area contributed by atoms with Crippen molar-refractivity contribution < 1.29 is 0 Å². The molecule has 0 radical (unpaired) electrons. The van der Waals surface area contributed by atoms with Gasteiger partial charge in [-0.05, 0) is 39.1 Å². The predicted octanol–water partition coefficient (Wildman–Crippen LogP) is 2.22. The monoisotopic (exact) mass is 173 g/mol. The smallest absolute Gasteiger partial charge is 0.0180 e. The van der Waals surface area contributed by atoms with Crippen molar-refractivity contribution in [2.24, 2.45) is 0 Å². The second kappa shape index (κ2) is 4.36. The van der Waals surface area contributed by atoms with Crippen LogP contribution in [0.5, 0.6) is 0 Å². The van der Waals surface area contributed by atoms with Crippen molar-refractivity contribution in [2.75, 3.05) is 19.3 Å². The third-order valence-electron chi connectivity index (χ3n) is 2.66. The van der Waals surface area contributed by atoms with E-state index in [4.69, 9.17) is 0 Å². The molecule has 0 saturated carbocycles. The molecular formula is C9H19NS. The average Bonchev–Trinajstić information content (AvgIpc) is 2.00. The highest BCUT2D eigenvalue weighted by atomic mass is 32.2. The third-order valence-corrected chi connectivity index (χ3v) is 4.10. The Hall–Kier alpha value is 0.310. The molecule has 1 saturated heterocycles. The zero-order valence-corrected chi connectivity index (χ0v) is 8.66. The van der Waals surface area contributed by atoms with Crippen molar-refractivity contribution in [1.29, 1.82) is 0 Å². The van der Waals surface area contributed by atoms with Crippen molar-refractivity contribution in [3.8, 4) is 0 Å². The lowest BCUT2D eigenvalue weighted by Gasteiger charge is -2.31. The summed E-state index contributed by atoms with van der Waals surface area (Å²) in [5.74, 6) is 1.36. The molecule has 1 rings (SSSR count). The van der Waals surface area contributed by atoms with Gasteiger partial charge >= 0.3 is 0 Å². The Morgan fingerprint density at radius 3 is 2.73 bits per heavy atom. The average molecular weight is 173 g/mol. The molecule has 0 aromatic carbocycles. The van der Waals surface area contributed by atoms with E-state index in [9.17, 15) is 0 Å². The Kier molecular flexibility index (Phi) is 3.73. The first-order valence-electron chi connectivity index (χ1n) is 4.53. The molecular weight excluding hydrogens is 154 g/mol. The van der Waals surface area contributed by atoms with E-state index in [0.29, 0.717) is 0 Å². The minimum atomic E-state index is 0.750. The summed E-state index contributed by atoms with van der Waals surface area (Å²) in [7, 11) is 2.24. The number of hydrogen-bond donors (Lipinski definition) is 0. The second-order valence-corrected chi connectivity index (χ2v) is 4.99. The van der Waals surface area contributed by atoms with Gasteiger partial charge in [-0.1, -0.05) is 6.92 Å². The molecule has 1 aliphatic heterocycles. The lowest BCUT2D eigenvalue weighted by molar-refractivity contribution is 0.250. The van der Waals surface area contributed by atoms with E-state index < -0.39 is 0 Å². The second-order valence-electron chi connectivity index (χ2n) is 3.50. The molecule has 0 spiro atoms. The number of rotatable bonds is 0. The Balaban J connectivity index is 2.42. The summed E-state index contributed by atoms with van der Waals surface area (Å²) < 4.78 is 0. The van der Waals surface area contributed by atoms with E-state index in [1.54, 1.807) is 0 Å². The zero-order valence-electron chi connectivity index (χ0n) is 7.84. The minimum Gasteiger partial charge on any atom is -0.303 e. The van der Waals surface area contributed by atoms with E-state index in [-0.39, 0.29) is 0 Å². The first-order chi connectivity index (χ1) is 5.22. The van der Waals surface area contributed by atoms with Gasteiger partial charge in [0.05, 0.1) is 0 Å². The molecule has 0 aliphatic carbocycles. The summed E-state index contributed by atoms with van der Waals surface area (Å²) in [4.78, 5) is 2.48. The molecule has 0 N–H and O–H groups in total. The fourth-order valence-corrected chi connectivity index (χ4v) is 2.66. The van der Waals surface area contributed by atoms with Crippen LogP contribution in [0.4, 0.5) is 0 Å². The normalized spacial score (nSPS) is 36.3. The van der Waals surface area contributed by atoms with Gasteiger partial charge in [0.2, 0.25) is 0 Å². The summed E-state index contributed by atoms with van der Waals surface area (Å²) in [6.45, 7) is 5.96. The van der Waals surface area contributed by atoms with Gasteiger partial charge in [0.15, 0.2) is 0 Å². The van der Waals surface area contributed by atoms with E-state index in [1.807, 2.05) is 0 Å². The largest absolute Gasteiger partial charge is 0.303 e. The van der Waals surface area contributed by atoms with Crippen molar-refractivity contribution in [3.05, 3.63) is 0 Å². The van der Waals surface area contributed by atoms with Crippen molar-refractivity contribution >= 4 is 11.8 Å². The molecule has 1 nitrogen and oxygen atoms in total. The molecule has 2 atom stereocenters. The van der Waals surface area contributed by atoms with Crippen LogP contribution < -0.4 is 0 Å². The van der Waals surface area contributed by atoms with Gasteiger partial charge in [-0.25, -0.2) is 0 Å². The maximum absolute atomic E-state index is 2.48. The molecule has 66 valence electrons. The van der Waals surface area contributed by atoms with Crippen molar-refractivity contribution in [3.63, 3.8) is 0 Å². The Bertz CT molecular complexity index is 104. The van der Waals surface area contributed by atoms with Gasteiger partial charge in [-0.3, -0.25) is 0 Å². The molecule has 0 bridgehead atoms. The van der Waals surface area contributed by atoms with E-state index >= 15 is 0 Å². The quantitative estimate of drug-likeness (QED) is 0.552. The molecule has 11 heavy (non-hydrogen) atoms. The lowest BCUT2D eigenvalue weighted by atomic mass is 10.2. The van der Waals surface area contributed by atoms with Crippen LogP contribution in [0.2, 0.25) is 0 Å². The molecule has 2 heteroatoms. The first kappa shape index (κ1) is 9.40. The Morgan fingerprint density at radius 1 is 1.27 bits per heavy atom. The number of thioether (sulfide) groups is 1. The highest BCUT2D eigenvalue weighted by Gasteiger charge is 2.18. The first-order valence-corrected chi connectivity index (χ1v) is 5.58. The maximum Gasteiger partial charge on any atom is 0.0180 e. The van der Waals surface area contributed by atoms with Crippen LogP contribution in [0.1, 0.15) is 26.7 Å². The summed E-state index contributed by atoms with van der Waals surface area (Å²) in [6.07, 6.45) is 2.77. The highest BCUT2D eigenvalue weighted by molar-refractivity contribution is 7.99. The minimum absolute atomic E-state index is 0.750. The predicted molar refractivity (Wildman–Crippen MR) is 53.2 cm³/mol. The number of hydrogen-bond acceptors (Lipinski definition) is 2. The van der Waals surface area contributed by atoms with Crippen LogP contribution in [0, 0.1) is 0 Å². The van der Waals surface area contributed by atoms with Gasteiger partial charge in [0.1, 0.15) is 0 Å². The van der Waals surface area contributed by atoms with Gasteiger partial charge in [0, 0.05) is 11.3 Å². The van der Waals surface area contributed by atoms with Gasteiger partial charge in [-0.2, -0.15) is 11.8 Å². The lowest BCUT2D eigenvalue weighted by Crippen LogP contribution is -2.37. The van der Waals surface area contributed by atoms with Crippen molar-refractivity contribution in [1.82, 2.24) is 4.90 Å². The van der Waals surface area contributed by atoms with Crippen LogP contribution in [-0.4, -0.2) is 35.5 Å². The van der Waals surface area contributed by atoms with Gasteiger partial charge < -0.3 is 4.90 Å². The number of nitrogens with zero attached hydrogens (tertiary/aromatic N) is 1. The molecule has 0 aromatic heterocycles. The van der Waals surface area contributed by atoms with Crippen molar-refractivity contribution in [2.45, 2.75) is 38.0 Å². The van der Waals surface area contributed by atoms with E-state index in [0.717, 1.165) is 11.3 Å². The van der Waals surface area contributed by atoms with Crippen LogP contribution in [0.25, 0.3) is 0 Å². The molecule has 1 heterocycles. The SMILES string of the molecule is CC1SCCCCN(C)C1C. The fourth-order valence-electron chi connectivity index (χ4n) is 1.43. The van der Waals surface area contributed by atoms with Crippen LogP contribution in [-0.2, 0) is 0 Å².